The van der Waals surface area contributed by atoms with Crippen LogP contribution in [-0.4, -0.2) is 47.4 Å². The van der Waals surface area contributed by atoms with E-state index in [0.717, 1.165) is 57.8 Å². The summed E-state index contributed by atoms with van der Waals surface area (Å²) < 4.78 is 5.43. The Balaban J connectivity index is 3.52. The van der Waals surface area contributed by atoms with Gasteiger partial charge in [0.1, 0.15) is 0 Å². The summed E-state index contributed by atoms with van der Waals surface area (Å²) in [5, 5.41) is 23.1. The second kappa shape index (κ2) is 51.0. The maximum absolute atomic E-state index is 12.5. The number of hydrogen-bond donors (Lipinski definition) is 3. The fourth-order valence-corrected chi connectivity index (χ4v) is 8.26. The van der Waals surface area contributed by atoms with E-state index >= 15 is 0 Å². The van der Waals surface area contributed by atoms with Gasteiger partial charge in [-0.25, -0.2) is 0 Å². The molecular weight excluding hydrogens is 755 g/mol. The molecule has 0 rings (SSSR count). The molecule has 2 atom stereocenters. The lowest BCUT2D eigenvalue weighted by molar-refractivity contribution is -0.143. The number of amides is 1. The van der Waals surface area contributed by atoms with Crippen LogP contribution in [0, 0.1) is 0 Å². The summed E-state index contributed by atoms with van der Waals surface area (Å²) in [6.45, 7) is 4.82. The summed E-state index contributed by atoms with van der Waals surface area (Å²) in [6, 6.07) is -0.645. The van der Waals surface area contributed by atoms with Crippen molar-refractivity contribution >= 4 is 11.9 Å². The van der Waals surface area contributed by atoms with E-state index in [1.165, 1.54) is 205 Å². The lowest BCUT2D eigenvalue weighted by Crippen LogP contribution is -2.45. The highest BCUT2D eigenvalue weighted by atomic mass is 16.5. The van der Waals surface area contributed by atoms with Crippen LogP contribution in [0.5, 0.6) is 0 Å². The second-order valence-electron chi connectivity index (χ2n) is 18.6. The zero-order valence-corrected chi connectivity index (χ0v) is 40.9. The van der Waals surface area contributed by atoms with Gasteiger partial charge >= 0.3 is 5.97 Å². The molecule has 1 amide bonds. The highest BCUT2D eigenvalue weighted by Gasteiger charge is 2.18. The molecule has 0 saturated carbocycles. The molecule has 0 radical (unpaired) electrons. The molecule has 6 nitrogen and oxygen atoms in total. The smallest absolute Gasteiger partial charge is 0.305 e. The first-order chi connectivity index (χ1) is 30.0. The van der Waals surface area contributed by atoms with Gasteiger partial charge in [-0.3, -0.25) is 9.59 Å². The largest absolute Gasteiger partial charge is 0.466 e. The summed E-state index contributed by atoms with van der Waals surface area (Å²) in [4.78, 5) is 24.4. The zero-order valence-electron chi connectivity index (χ0n) is 40.9. The van der Waals surface area contributed by atoms with Gasteiger partial charge in [-0.15, -0.1) is 0 Å². The van der Waals surface area contributed by atoms with Crippen molar-refractivity contribution in [2.24, 2.45) is 0 Å². The maximum atomic E-state index is 12.5. The molecule has 0 aliphatic heterocycles. The molecule has 2 unspecified atom stereocenters. The highest BCUT2D eigenvalue weighted by Crippen LogP contribution is 2.17. The van der Waals surface area contributed by atoms with E-state index in [-0.39, 0.29) is 18.5 Å². The van der Waals surface area contributed by atoms with Crippen molar-refractivity contribution in [1.82, 2.24) is 5.32 Å². The van der Waals surface area contributed by atoms with Crippen molar-refractivity contribution in [1.29, 1.82) is 0 Å². The van der Waals surface area contributed by atoms with Crippen molar-refractivity contribution < 1.29 is 24.5 Å². The molecule has 0 heterocycles. The van der Waals surface area contributed by atoms with Gasteiger partial charge in [-0.05, 0) is 51.4 Å². The number of carbonyl (C=O) groups excluding carboxylic acids is 2. The standard InChI is InChI=1S/C55H105NO5/c1-3-5-7-9-11-13-15-16-17-18-19-20-21-22-23-24-25-26-28-31-35-39-43-47-53(58)52(51-57)56-54(59)48-44-40-36-32-29-30-34-38-42-46-50-61-55(60)49-45-41-37-33-27-14-12-10-8-6-4-2/h10,12,43,47,52-53,57-58H,3-9,11,13-42,44-46,48-51H2,1-2H3,(H,56,59)/b12-10-,47-43+. The Morgan fingerprint density at radius 1 is 0.443 bits per heavy atom. The fraction of sp³-hybridized carbons (Fsp3) is 0.891. The summed E-state index contributed by atoms with van der Waals surface area (Å²) >= 11 is 0. The van der Waals surface area contributed by atoms with Gasteiger partial charge in [-0.1, -0.05) is 250 Å². The molecule has 0 fully saturated rings. The number of nitrogens with one attached hydrogen (secondary N) is 1. The molecule has 0 aliphatic rings. The number of unbranched alkanes of at least 4 members (excludes halogenated alkanes) is 37. The Morgan fingerprint density at radius 3 is 1.21 bits per heavy atom. The number of rotatable bonds is 50. The number of aliphatic hydroxyl groups is 2. The van der Waals surface area contributed by atoms with Crippen LogP contribution in [0.3, 0.4) is 0 Å². The Morgan fingerprint density at radius 2 is 0.787 bits per heavy atom. The Hall–Kier alpha value is -1.66. The third kappa shape index (κ3) is 47.7. The summed E-state index contributed by atoms with van der Waals surface area (Å²) in [5.41, 5.74) is 0. The van der Waals surface area contributed by atoms with Crippen molar-refractivity contribution in [2.75, 3.05) is 13.2 Å². The average Bonchev–Trinajstić information content (AvgIpc) is 3.26. The highest BCUT2D eigenvalue weighted by molar-refractivity contribution is 5.76. The molecule has 0 aromatic heterocycles. The zero-order chi connectivity index (χ0) is 44.4. The Bertz CT molecular complexity index is 951. The van der Waals surface area contributed by atoms with Crippen molar-refractivity contribution in [3.05, 3.63) is 24.3 Å². The number of carbonyl (C=O) groups is 2. The molecule has 0 bridgehead atoms. The van der Waals surface area contributed by atoms with Crippen LogP contribution in [-0.2, 0) is 14.3 Å². The molecule has 0 saturated heterocycles. The Kier molecular flexibility index (Phi) is 49.6. The minimum atomic E-state index is -0.860. The SMILES string of the molecule is CCCC/C=C\CCCCCCCC(=O)OCCCCCCCCCCCCC(=O)NC(CO)C(O)/C=C/CCCCCCCCCCCCCCCCCCCCCCC. The third-order valence-electron chi connectivity index (χ3n) is 12.5. The van der Waals surface area contributed by atoms with Gasteiger partial charge in [0.05, 0.1) is 25.4 Å². The van der Waals surface area contributed by atoms with Crippen LogP contribution in [0.2, 0.25) is 0 Å². The van der Waals surface area contributed by atoms with Crippen LogP contribution in [0.15, 0.2) is 24.3 Å². The summed E-state index contributed by atoms with van der Waals surface area (Å²) in [5.74, 6) is -0.121. The Labute approximate surface area is 380 Å². The van der Waals surface area contributed by atoms with E-state index in [2.05, 4.69) is 31.3 Å². The number of allylic oxidation sites excluding steroid dienone is 3. The van der Waals surface area contributed by atoms with Crippen molar-refractivity contribution in [3.63, 3.8) is 0 Å². The second-order valence-corrected chi connectivity index (χ2v) is 18.6. The van der Waals surface area contributed by atoms with Crippen LogP contribution >= 0.6 is 0 Å². The van der Waals surface area contributed by atoms with Crippen LogP contribution < -0.4 is 5.32 Å². The van der Waals surface area contributed by atoms with Crippen LogP contribution in [0.25, 0.3) is 0 Å². The number of aliphatic hydroxyl groups excluding tert-OH is 2. The predicted octanol–water partition coefficient (Wildman–Crippen LogP) is 16.3. The lowest BCUT2D eigenvalue weighted by Gasteiger charge is -2.20. The van der Waals surface area contributed by atoms with Crippen molar-refractivity contribution in [3.8, 4) is 0 Å². The molecule has 6 heteroatoms. The van der Waals surface area contributed by atoms with Crippen LogP contribution in [0.4, 0.5) is 0 Å². The predicted molar refractivity (Wildman–Crippen MR) is 264 cm³/mol. The van der Waals surface area contributed by atoms with Gasteiger partial charge < -0.3 is 20.3 Å². The molecule has 61 heavy (non-hydrogen) atoms. The molecule has 360 valence electrons. The number of hydrogen-bond acceptors (Lipinski definition) is 5. The van der Waals surface area contributed by atoms with Gasteiger partial charge in [0, 0.05) is 12.8 Å². The third-order valence-corrected chi connectivity index (χ3v) is 12.5. The number of ether oxygens (including phenoxy) is 1. The van der Waals surface area contributed by atoms with E-state index in [0.29, 0.717) is 19.4 Å². The first-order valence-corrected chi connectivity index (χ1v) is 27.1. The first-order valence-electron chi connectivity index (χ1n) is 27.1. The average molecular weight is 860 g/mol. The molecule has 3 N–H and O–H groups in total. The fourth-order valence-electron chi connectivity index (χ4n) is 8.26. The minimum absolute atomic E-state index is 0.0315. The lowest BCUT2D eigenvalue weighted by atomic mass is 10.0. The van der Waals surface area contributed by atoms with E-state index in [4.69, 9.17) is 4.74 Å². The van der Waals surface area contributed by atoms with E-state index in [1.54, 1.807) is 6.08 Å². The van der Waals surface area contributed by atoms with E-state index in [1.807, 2.05) is 6.08 Å². The van der Waals surface area contributed by atoms with Gasteiger partial charge in [0.15, 0.2) is 0 Å². The van der Waals surface area contributed by atoms with Gasteiger partial charge in [0.2, 0.25) is 5.91 Å². The topological polar surface area (TPSA) is 95.9 Å². The normalized spacial score (nSPS) is 12.8. The van der Waals surface area contributed by atoms with E-state index < -0.39 is 12.1 Å². The molecule has 0 spiro atoms. The molecule has 0 aromatic rings. The monoisotopic (exact) mass is 860 g/mol. The van der Waals surface area contributed by atoms with Crippen molar-refractivity contribution in [2.45, 2.75) is 302 Å². The van der Waals surface area contributed by atoms with E-state index in [9.17, 15) is 19.8 Å². The summed E-state index contributed by atoms with van der Waals surface area (Å²) in [6.07, 6.45) is 60.4. The molecule has 0 aromatic carbocycles. The minimum Gasteiger partial charge on any atom is -0.466 e. The summed E-state index contributed by atoms with van der Waals surface area (Å²) in [7, 11) is 0. The molecule has 0 aliphatic carbocycles. The number of esters is 1. The quantitative estimate of drug-likeness (QED) is 0.0322. The van der Waals surface area contributed by atoms with Gasteiger partial charge in [0.25, 0.3) is 0 Å². The molecular formula is C55H105NO5. The van der Waals surface area contributed by atoms with Crippen LogP contribution in [0.1, 0.15) is 290 Å². The maximum Gasteiger partial charge on any atom is 0.305 e. The first kappa shape index (κ1) is 59.3. The van der Waals surface area contributed by atoms with Gasteiger partial charge in [-0.2, -0.15) is 0 Å².